The summed E-state index contributed by atoms with van der Waals surface area (Å²) in [5.74, 6) is 0.348. The van der Waals surface area contributed by atoms with Gasteiger partial charge in [0.15, 0.2) is 5.69 Å². The van der Waals surface area contributed by atoms with Crippen molar-refractivity contribution >= 4 is 23.8 Å². The molecule has 5 rings (SSSR count). The van der Waals surface area contributed by atoms with E-state index in [-0.39, 0.29) is 17.6 Å². The van der Waals surface area contributed by atoms with Crippen molar-refractivity contribution in [2.24, 2.45) is 4.99 Å². The van der Waals surface area contributed by atoms with Gasteiger partial charge in [0, 0.05) is 25.6 Å². The quantitative estimate of drug-likeness (QED) is 0.847. The van der Waals surface area contributed by atoms with Crippen molar-refractivity contribution in [2.45, 2.75) is 25.4 Å². The summed E-state index contributed by atoms with van der Waals surface area (Å²) in [6.07, 6.45) is 4.31. The fourth-order valence-electron chi connectivity index (χ4n) is 4.07. The molecule has 1 amide bonds. The molecule has 1 aromatic carbocycles. The van der Waals surface area contributed by atoms with Gasteiger partial charge in [0.1, 0.15) is 11.4 Å². The van der Waals surface area contributed by atoms with E-state index >= 15 is 0 Å². The molecule has 1 saturated heterocycles. The fourth-order valence-corrected chi connectivity index (χ4v) is 4.07. The Hall–Kier alpha value is -2.91. The number of nitrogens with one attached hydrogen (secondary N) is 1. The van der Waals surface area contributed by atoms with E-state index in [1.165, 1.54) is 11.0 Å². The van der Waals surface area contributed by atoms with Gasteiger partial charge >= 0.3 is 0 Å². The summed E-state index contributed by atoms with van der Waals surface area (Å²) in [6, 6.07) is 4.63. The molecule has 3 unspecified atom stereocenters. The number of ether oxygens (including phenoxy) is 1. The molecule has 27 heavy (non-hydrogen) atoms. The van der Waals surface area contributed by atoms with Crippen LogP contribution in [0.15, 0.2) is 35.2 Å². The van der Waals surface area contributed by atoms with Gasteiger partial charge in [0.2, 0.25) is 12.2 Å². The van der Waals surface area contributed by atoms with Crippen LogP contribution in [0.3, 0.4) is 0 Å². The summed E-state index contributed by atoms with van der Waals surface area (Å²) in [6.45, 7) is 2.71. The van der Waals surface area contributed by atoms with Gasteiger partial charge in [-0.05, 0) is 19.4 Å². The second-order valence-electron chi connectivity index (χ2n) is 6.91. The van der Waals surface area contributed by atoms with Gasteiger partial charge < -0.3 is 4.74 Å². The van der Waals surface area contributed by atoms with Gasteiger partial charge in [0.25, 0.3) is 11.7 Å². The third-order valence-corrected chi connectivity index (χ3v) is 5.47. The van der Waals surface area contributed by atoms with Crippen LogP contribution >= 0.6 is 0 Å². The molecule has 3 aliphatic heterocycles. The predicted molar refractivity (Wildman–Crippen MR) is 93.6 cm³/mol. The first-order chi connectivity index (χ1) is 13.1. The number of benzene rings is 1. The number of aliphatic imine (C=N–C) groups is 1. The molecule has 0 spiro atoms. The Bertz CT molecular complexity index is 1010. The maximum Gasteiger partial charge on any atom is 0.271 e. The van der Waals surface area contributed by atoms with Crippen LogP contribution in [0.25, 0.3) is 5.82 Å². The highest BCUT2D eigenvalue weighted by molar-refractivity contribution is 6.01. The lowest BCUT2D eigenvalue weighted by Crippen LogP contribution is -3.06. The van der Waals surface area contributed by atoms with Crippen LogP contribution in [0.4, 0.5) is 10.1 Å². The molecule has 0 aliphatic carbocycles. The SMILES string of the molecule is CC1OCCC1c1cnnn1C1=C2N(C)C(=O)c3c(F)cccc3[NH+]2C=N1. The van der Waals surface area contributed by atoms with E-state index in [1.54, 1.807) is 36.4 Å². The summed E-state index contributed by atoms with van der Waals surface area (Å²) >= 11 is 0. The second kappa shape index (κ2) is 5.80. The summed E-state index contributed by atoms with van der Waals surface area (Å²) in [5.41, 5.74) is 1.51. The smallest absolute Gasteiger partial charge is 0.271 e. The van der Waals surface area contributed by atoms with Crippen LogP contribution in [-0.4, -0.2) is 51.9 Å². The topological polar surface area (TPSA) is 77.1 Å². The number of quaternary nitrogens is 1. The minimum atomic E-state index is -0.531. The average molecular weight is 369 g/mol. The Kier molecular flexibility index (Phi) is 3.49. The van der Waals surface area contributed by atoms with Gasteiger partial charge in [0.05, 0.1) is 18.0 Å². The number of carbonyl (C=O) groups excluding carboxylic acids is 1. The van der Waals surface area contributed by atoms with Crippen molar-refractivity contribution in [2.75, 3.05) is 13.7 Å². The molecule has 1 N–H and O–H groups in total. The minimum absolute atomic E-state index is 0.0576. The third-order valence-electron chi connectivity index (χ3n) is 5.47. The number of carbonyl (C=O) groups is 1. The van der Waals surface area contributed by atoms with E-state index in [9.17, 15) is 9.18 Å². The van der Waals surface area contributed by atoms with E-state index < -0.39 is 11.7 Å². The first kappa shape index (κ1) is 16.3. The van der Waals surface area contributed by atoms with Crippen LogP contribution in [0.5, 0.6) is 0 Å². The van der Waals surface area contributed by atoms with Crippen LogP contribution in [0.1, 0.15) is 35.3 Å². The Balaban J connectivity index is 1.66. The van der Waals surface area contributed by atoms with E-state index in [1.807, 2.05) is 6.92 Å². The molecular formula is C18H18FN6O2+. The summed E-state index contributed by atoms with van der Waals surface area (Å²) < 4.78 is 21.6. The number of nitrogens with zero attached hydrogens (tertiary/aromatic N) is 5. The summed E-state index contributed by atoms with van der Waals surface area (Å²) in [4.78, 5) is 19.5. The van der Waals surface area contributed by atoms with Gasteiger partial charge in [-0.15, -0.1) is 5.10 Å². The number of hydrogen-bond donors (Lipinski definition) is 1. The Labute approximate surface area is 154 Å². The van der Waals surface area contributed by atoms with Gasteiger partial charge in [-0.3, -0.25) is 9.69 Å². The first-order valence-electron chi connectivity index (χ1n) is 8.83. The van der Waals surface area contributed by atoms with Crippen molar-refractivity contribution in [3.63, 3.8) is 0 Å². The highest BCUT2D eigenvalue weighted by atomic mass is 19.1. The molecule has 138 valence electrons. The Morgan fingerprint density at radius 3 is 3.00 bits per heavy atom. The number of halogens is 1. The van der Waals surface area contributed by atoms with Crippen molar-refractivity contribution in [3.8, 4) is 0 Å². The molecule has 3 aliphatic rings. The van der Waals surface area contributed by atoms with E-state index in [0.29, 0.717) is 28.8 Å². The lowest BCUT2D eigenvalue weighted by atomic mass is 9.99. The van der Waals surface area contributed by atoms with Crippen molar-refractivity contribution < 1.29 is 18.8 Å². The predicted octanol–water partition coefficient (Wildman–Crippen LogP) is 0.737. The average Bonchev–Trinajstić information content (AvgIpc) is 3.37. The molecule has 0 radical (unpaired) electrons. The number of hydrogen-bond acceptors (Lipinski definition) is 5. The zero-order valence-electron chi connectivity index (χ0n) is 14.9. The monoisotopic (exact) mass is 369 g/mol. The zero-order valence-corrected chi connectivity index (χ0v) is 14.9. The molecule has 1 fully saturated rings. The molecule has 2 aromatic rings. The zero-order chi connectivity index (χ0) is 18.7. The number of rotatable bonds is 2. The normalized spacial score (nSPS) is 26.7. The van der Waals surface area contributed by atoms with E-state index in [0.717, 1.165) is 12.1 Å². The third kappa shape index (κ3) is 2.22. The summed E-state index contributed by atoms with van der Waals surface area (Å²) in [7, 11) is 1.62. The standard InChI is InChI=1S/C18H17FN6O2/c1-10-11(6-7-27-10)14-8-21-22-25(14)16-17-23(2)18(26)15-12(19)4-3-5-13(15)24(17)9-20-16/h3-5,8-11H,6-7H2,1-2H3/p+1. The van der Waals surface area contributed by atoms with Crippen molar-refractivity contribution in [1.29, 1.82) is 0 Å². The minimum Gasteiger partial charge on any atom is -0.378 e. The lowest BCUT2D eigenvalue weighted by molar-refractivity contribution is -0.685. The molecule has 8 nitrogen and oxygen atoms in total. The maximum absolute atomic E-state index is 14.3. The molecule has 0 bridgehead atoms. The van der Waals surface area contributed by atoms with E-state index in [4.69, 9.17) is 4.74 Å². The number of aromatic nitrogens is 3. The summed E-state index contributed by atoms with van der Waals surface area (Å²) in [5, 5.41) is 8.28. The maximum atomic E-state index is 14.3. The molecule has 4 heterocycles. The first-order valence-corrected chi connectivity index (χ1v) is 8.83. The molecule has 0 saturated carbocycles. The highest BCUT2D eigenvalue weighted by Crippen LogP contribution is 2.33. The number of amides is 1. The Morgan fingerprint density at radius 2 is 2.22 bits per heavy atom. The van der Waals surface area contributed by atoms with Crippen LogP contribution in [0, 0.1) is 5.82 Å². The van der Waals surface area contributed by atoms with Gasteiger partial charge in [-0.1, -0.05) is 11.3 Å². The van der Waals surface area contributed by atoms with Crippen molar-refractivity contribution in [3.05, 3.63) is 47.3 Å². The van der Waals surface area contributed by atoms with Crippen LogP contribution in [-0.2, 0) is 4.74 Å². The molecule has 3 atom stereocenters. The van der Waals surface area contributed by atoms with Crippen molar-refractivity contribution in [1.82, 2.24) is 19.9 Å². The van der Waals surface area contributed by atoms with Gasteiger partial charge in [-0.25, -0.2) is 9.29 Å². The van der Waals surface area contributed by atoms with Crippen LogP contribution < -0.4 is 4.90 Å². The second-order valence-corrected chi connectivity index (χ2v) is 6.91. The Morgan fingerprint density at radius 1 is 1.37 bits per heavy atom. The largest absolute Gasteiger partial charge is 0.378 e. The van der Waals surface area contributed by atoms with E-state index in [2.05, 4.69) is 15.3 Å². The lowest BCUT2D eigenvalue weighted by Gasteiger charge is -2.28. The molecule has 9 heteroatoms. The van der Waals surface area contributed by atoms with Crippen LogP contribution in [0.2, 0.25) is 0 Å². The fraction of sp³-hybridized carbons (Fsp3) is 0.333. The number of fused-ring (bicyclic) bond motifs is 3. The van der Waals surface area contributed by atoms with Gasteiger partial charge in [-0.2, -0.15) is 9.67 Å². The highest BCUT2D eigenvalue weighted by Gasteiger charge is 2.44. The molecule has 1 aromatic heterocycles. The molecular weight excluding hydrogens is 351 g/mol.